The fourth-order valence-corrected chi connectivity index (χ4v) is 5.84. The third-order valence-corrected chi connectivity index (χ3v) is 7.32. The molecule has 0 aromatic carbocycles. The molecule has 0 aromatic rings. The van der Waals surface area contributed by atoms with E-state index in [1.807, 2.05) is 0 Å². The zero-order valence-electron chi connectivity index (χ0n) is 18.1. The zero-order chi connectivity index (χ0) is 21.4. The minimum atomic E-state index is -0.608. The Bertz CT molecular complexity index is 761. The van der Waals surface area contributed by atoms with E-state index in [1.165, 1.54) is 26.5 Å². The second kappa shape index (κ2) is 7.96. The number of carbonyl (C=O) groups excluding carboxylic acids is 3. The van der Waals surface area contributed by atoms with E-state index in [0.717, 1.165) is 24.8 Å². The van der Waals surface area contributed by atoms with Crippen LogP contribution in [0.5, 0.6) is 0 Å². The van der Waals surface area contributed by atoms with Gasteiger partial charge in [0.05, 0.1) is 7.11 Å². The maximum Gasteiger partial charge on any atom is 0.334 e. The average molecular weight is 405 g/mol. The fraction of sp³-hybridized carbons (Fsp3) is 0.696. The van der Waals surface area contributed by atoms with Crippen LogP contribution in [0.4, 0.5) is 0 Å². The van der Waals surface area contributed by atoms with E-state index in [9.17, 15) is 14.4 Å². The van der Waals surface area contributed by atoms with Crippen LogP contribution in [0.25, 0.3) is 0 Å². The molecule has 0 radical (unpaired) electrons. The average Bonchev–Trinajstić information content (AvgIpc) is 2.64. The smallest absolute Gasteiger partial charge is 0.334 e. The summed E-state index contributed by atoms with van der Waals surface area (Å²) < 4.78 is 15.6. The number of ether oxygens (including phenoxy) is 3. The Hall–Kier alpha value is -2.11. The molecule has 0 unspecified atom stereocenters. The minimum absolute atomic E-state index is 0.00132. The third-order valence-electron chi connectivity index (χ3n) is 7.32. The number of cyclic esters (lactones) is 1. The van der Waals surface area contributed by atoms with Gasteiger partial charge in [0.2, 0.25) is 0 Å². The molecule has 1 saturated heterocycles. The van der Waals surface area contributed by atoms with Crippen molar-refractivity contribution in [2.24, 2.45) is 22.7 Å². The first-order chi connectivity index (χ1) is 13.6. The number of hydrogen-bond acceptors (Lipinski definition) is 6. The van der Waals surface area contributed by atoms with Gasteiger partial charge in [-0.05, 0) is 42.4 Å². The molecule has 0 aromatic heterocycles. The molecule has 160 valence electrons. The van der Waals surface area contributed by atoms with Crippen LogP contribution in [0.2, 0.25) is 0 Å². The first-order valence-corrected chi connectivity index (χ1v) is 10.4. The number of carbonyl (C=O) groups is 3. The number of allylic oxidation sites excluding steroid dienone is 1. The molecule has 0 bridgehead atoms. The highest BCUT2D eigenvalue weighted by Crippen LogP contribution is 2.61. The quantitative estimate of drug-likeness (QED) is 0.403. The van der Waals surface area contributed by atoms with Crippen LogP contribution in [0.15, 0.2) is 23.3 Å². The molecule has 1 saturated carbocycles. The van der Waals surface area contributed by atoms with Gasteiger partial charge in [-0.15, -0.1) is 0 Å². The van der Waals surface area contributed by atoms with Crippen molar-refractivity contribution in [3.8, 4) is 0 Å². The number of hydrogen-bond donors (Lipinski definition) is 0. The molecule has 4 atom stereocenters. The maximum atomic E-state index is 12.9. The predicted octanol–water partition coefficient (Wildman–Crippen LogP) is 3.74. The van der Waals surface area contributed by atoms with E-state index >= 15 is 0 Å². The second-order valence-corrected chi connectivity index (χ2v) is 9.50. The third kappa shape index (κ3) is 4.12. The molecular weight excluding hydrogens is 372 g/mol. The lowest BCUT2D eigenvalue weighted by Gasteiger charge is -2.58. The Morgan fingerprint density at radius 1 is 1.28 bits per heavy atom. The summed E-state index contributed by atoms with van der Waals surface area (Å²) in [5.74, 6) is -0.790. The molecule has 0 amide bonds. The summed E-state index contributed by atoms with van der Waals surface area (Å²) in [5.41, 5.74) is 1.44. The summed E-state index contributed by atoms with van der Waals surface area (Å²) >= 11 is 0. The van der Waals surface area contributed by atoms with Crippen LogP contribution in [0.3, 0.4) is 0 Å². The standard InChI is InChI=1S/C23H32O6/c1-14(24)28-13-15(11-20(25)27-5)18-12-17-16(21(26)29-18)7-8-19-22(2,3)9-6-10-23(17,19)4/h7,11,17-19H,6,8-10,12-13H2,1-5H3/b15-11+/t17-,18-,19-,23+/m0/s1. The molecule has 2 fully saturated rings. The number of esters is 3. The molecule has 2 aliphatic carbocycles. The van der Waals surface area contributed by atoms with Crippen molar-refractivity contribution in [2.45, 2.75) is 65.9 Å². The van der Waals surface area contributed by atoms with Crippen LogP contribution in [-0.4, -0.2) is 37.7 Å². The first kappa shape index (κ1) is 21.6. The van der Waals surface area contributed by atoms with E-state index in [1.54, 1.807) is 0 Å². The van der Waals surface area contributed by atoms with Gasteiger partial charge in [0.25, 0.3) is 0 Å². The molecule has 3 rings (SSSR count). The van der Waals surface area contributed by atoms with Gasteiger partial charge in [-0.2, -0.15) is 0 Å². The Kier molecular flexibility index (Phi) is 5.93. The lowest BCUT2D eigenvalue weighted by atomic mass is 9.47. The molecule has 6 nitrogen and oxygen atoms in total. The Morgan fingerprint density at radius 2 is 2.00 bits per heavy atom. The largest absolute Gasteiger partial charge is 0.466 e. The second-order valence-electron chi connectivity index (χ2n) is 9.50. The topological polar surface area (TPSA) is 78.9 Å². The van der Waals surface area contributed by atoms with Crippen LogP contribution in [0.1, 0.15) is 59.8 Å². The summed E-state index contributed by atoms with van der Waals surface area (Å²) in [5, 5.41) is 0. The molecule has 1 aliphatic heterocycles. The fourth-order valence-electron chi connectivity index (χ4n) is 5.84. The summed E-state index contributed by atoms with van der Waals surface area (Å²) in [6.45, 7) is 8.17. The van der Waals surface area contributed by atoms with Gasteiger partial charge in [0.1, 0.15) is 12.7 Å². The van der Waals surface area contributed by atoms with Crippen LogP contribution >= 0.6 is 0 Å². The number of rotatable bonds is 4. The SMILES string of the molecule is COC(=O)/C=C(\COC(C)=O)[C@@H]1C[C@H]2C(=CC[C@H]3C(C)(C)CCC[C@]23C)C(=O)O1. The van der Waals surface area contributed by atoms with Crippen LogP contribution < -0.4 is 0 Å². The van der Waals surface area contributed by atoms with Gasteiger partial charge in [-0.25, -0.2) is 9.59 Å². The minimum Gasteiger partial charge on any atom is -0.466 e. The Balaban J connectivity index is 1.93. The van der Waals surface area contributed by atoms with Crippen LogP contribution in [0, 0.1) is 22.7 Å². The van der Waals surface area contributed by atoms with E-state index in [-0.39, 0.29) is 29.3 Å². The van der Waals surface area contributed by atoms with Crippen molar-refractivity contribution in [1.29, 1.82) is 0 Å². The monoisotopic (exact) mass is 404 g/mol. The predicted molar refractivity (Wildman–Crippen MR) is 107 cm³/mol. The van der Waals surface area contributed by atoms with Crippen molar-refractivity contribution in [2.75, 3.05) is 13.7 Å². The normalized spacial score (nSPS) is 33.6. The molecule has 29 heavy (non-hydrogen) atoms. The van der Waals surface area contributed by atoms with Gasteiger partial charge in [0, 0.05) is 30.1 Å². The van der Waals surface area contributed by atoms with Crippen molar-refractivity contribution >= 4 is 17.9 Å². The highest BCUT2D eigenvalue weighted by atomic mass is 16.6. The summed E-state index contributed by atoms with van der Waals surface area (Å²) in [4.78, 5) is 36.0. The zero-order valence-corrected chi connectivity index (χ0v) is 18.1. The van der Waals surface area contributed by atoms with Gasteiger partial charge < -0.3 is 14.2 Å². The van der Waals surface area contributed by atoms with Gasteiger partial charge in [-0.3, -0.25) is 4.79 Å². The van der Waals surface area contributed by atoms with Gasteiger partial charge in [-0.1, -0.05) is 33.3 Å². The molecule has 0 N–H and O–H groups in total. The van der Waals surface area contributed by atoms with E-state index in [0.29, 0.717) is 17.9 Å². The van der Waals surface area contributed by atoms with Gasteiger partial charge in [0.15, 0.2) is 0 Å². The maximum absolute atomic E-state index is 12.9. The first-order valence-electron chi connectivity index (χ1n) is 10.4. The summed E-state index contributed by atoms with van der Waals surface area (Å²) in [7, 11) is 1.28. The Morgan fingerprint density at radius 3 is 2.66 bits per heavy atom. The van der Waals surface area contributed by atoms with Crippen molar-refractivity contribution < 1.29 is 28.6 Å². The number of fused-ring (bicyclic) bond motifs is 3. The number of methoxy groups -OCH3 is 1. The van der Waals surface area contributed by atoms with E-state index in [4.69, 9.17) is 14.2 Å². The lowest BCUT2D eigenvalue weighted by molar-refractivity contribution is -0.155. The highest BCUT2D eigenvalue weighted by Gasteiger charge is 2.55. The summed E-state index contributed by atoms with van der Waals surface area (Å²) in [6, 6.07) is 0. The molecule has 3 aliphatic rings. The molecule has 0 spiro atoms. The van der Waals surface area contributed by atoms with Crippen LogP contribution in [-0.2, 0) is 28.6 Å². The summed E-state index contributed by atoms with van der Waals surface area (Å²) in [6.07, 6.45) is 7.63. The van der Waals surface area contributed by atoms with Crippen molar-refractivity contribution in [3.63, 3.8) is 0 Å². The van der Waals surface area contributed by atoms with Crippen molar-refractivity contribution in [3.05, 3.63) is 23.3 Å². The molecular formula is C23H32O6. The molecule has 1 heterocycles. The lowest BCUT2D eigenvalue weighted by Crippen LogP contribution is -2.52. The van der Waals surface area contributed by atoms with Gasteiger partial charge >= 0.3 is 17.9 Å². The van der Waals surface area contributed by atoms with E-state index in [2.05, 4.69) is 26.8 Å². The Labute approximate surface area is 172 Å². The molecule has 6 heteroatoms. The highest BCUT2D eigenvalue weighted by molar-refractivity contribution is 5.91. The van der Waals surface area contributed by atoms with E-state index < -0.39 is 18.0 Å². The van der Waals surface area contributed by atoms with Crippen molar-refractivity contribution in [1.82, 2.24) is 0 Å².